The largest absolute Gasteiger partial charge is 0.481 e. The van der Waals surface area contributed by atoms with Gasteiger partial charge in [0.2, 0.25) is 10.0 Å². The molecule has 0 radical (unpaired) electrons. The number of carbonyl (C=O) groups excluding carboxylic acids is 1. The molecule has 0 atom stereocenters. The van der Waals surface area contributed by atoms with Crippen molar-refractivity contribution in [3.05, 3.63) is 47.1 Å². The molecule has 2 saturated carbocycles. The van der Waals surface area contributed by atoms with Gasteiger partial charge in [0, 0.05) is 22.5 Å². The molecule has 220 valence electrons. The van der Waals surface area contributed by atoms with Crippen LogP contribution in [0.4, 0.5) is 0 Å². The number of hydrogen-bond acceptors (Lipinski definition) is 6. The van der Waals surface area contributed by atoms with Gasteiger partial charge in [-0.05, 0) is 56.9 Å². The fourth-order valence-corrected chi connectivity index (χ4v) is 8.57. The smallest absolute Gasteiger partial charge is 0.306 e. The van der Waals surface area contributed by atoms with E-state index >= 15 is 0 Å². The highest BCUT2D eigenvalue weighted by atomic mass is 32.2. The molecule has 2 aliphatic rings. The molecular formula is C31H39N3O5S2. The first kappa shape index (κ1) is 29.7. The molecule has 0 saturated heterocycles. The second-order valence-electron chi connectivity index (χ2n) is 12.2. The van der Waals surface area contributed by atoms with Crippen molar-refractivity contribution in [2.75, 3.05) is 0 Å². The van der Waals surface area contributed by atoms with Crippen LogP contribution in [0.5, 0.6) is 0 Å². The van der Waals surface area contributed by atoms with Crippen molar-refractivity contribution in [3.63, 3.8) is 0 Å². The minimum absolute atomic E-state index is 0.164. The van der Waals surface area contributed by atoms with Crippen LogP contribution in [0.25, 0.3) is 21.2 Å². The Morgan fingerprint density at radius 1 is 1.05 bits per heavy atom. The minimum atomic E-state index is -3.79. The van der Waals surface area contributed by atoms with Crippen molar-refractivity contribution >= 4 is 44.0 Å². The van der Waals surface area contributed by atoms with Crippen LogP contribution < -0.4 is 10.0 Å². The molecule has 0 aliphatic heterocycles. The van der Waals surface area contributed by atoms with Gasteiger partial charge in [0.1, 0.15) is 0 Å². The standard InChI is InChI=1S/C31H39N3O5S2/c1-4-31(2,3)34-41(38,39)26-15-14-24(22-12-8-9-13-23(22)26)27-25(16-19-10-6-5-7-11-19)33-29(40-27)28(35)32-21-17-20(18-21)30(36)37/h8-9,12-15,19-21,34H,4-7,10-11,16-18H2,1-3H3,(H,32,35)(H,36,37)/t20-,21-. The molecular weight excluding hydrogens is 558 g/mol. The zero-order chi connectivity index (χ0) is 29.4. The first-order valence-corrected chi connectivity index (χ1v) is 16.9. The van der Waals surface area contributed by atoms with Crippen LogP contribution in [-0.4, -0.2) is 42.0 Å². The van der Waals surface area contributed by atoms with Crippen LogP contribution in [0.15, 0.2) is 41.3 Å². The van der Waals surface area contributed by atoms with Gasteiger partial charge in [-0.1, -0.05) is 69.4 Å². The number of nitrogens with one attached hydrogen (secondary N) is 2. The summed E-state index contributed by atoms with van der Waals surface area (Å²) in [7, 11) is -3.79. The molecule has 2 aliphatic carbocycles. The molecule has 0 unspecified atom stereocenters. The van der Waals surface area contributed by atoms with Crippen LogP contribution in [0.3, 0.4) is 0 Å². The maximum Gasteiger partial charge on any atom is 0.306 e. The van der Waals surface area contributed by atoms with Gasteiger partial charge < -0.3 is 10.4 Å². The van der Waals surface area contributed by atoms with Crippen molar-refractivity contribution in [2.24, 2.45) is 11.8 Å². The number of fused-ring (bicyclic) bond motifs is 1. The maximum absolute atomic E-state index is 13.5. The Balaban J connectivity index is 1.53. The van der Waals surface area contributed by atoms with Crippen molar-refractivity contribution in [2.45, 2.75) is 95.0 Å². The average Bonchev–Trinajstić information content (AvgIpc) is 3.33. The van der Waals surface area contributed by atoms with Crippen molar-refractivity contribution < 1.29 is 23.1 Å². The lowest BCUT2D eigenvalue weighted by atomic mass is 9.80. The van der Waals surface area contributed by atoms with Crippen LogP contribution in [0.2, 0.25) is 0 Å². The molecule has 1 amide bonds. The van der Waals surface area contributed by atoms with E-state index in [1.54, 1.807) is 6.07 Å². The average molecular weight is 598 g/mol. The third kappa shape index (κ3) is 6.49. The number of carboxylic acids is 1. The van der Waals surface area contributed by atoms with E-state index in [1.165, 1.54) is 30.6 Å². The topological polar surface area (TPSA) is 125 Å². The quantitative estimate of drug-likeness (QED) is 0.258. The highest BCUT2D eigenvalue weighted by Crippen LogP contribution is 2.40. The first-order valence-electron chi connectivity index (χ1n) is 14.6. The third-order valence-corrected chi connectivity index (χ3v) is 11.5. The van der Waals surface area contributed by atoms with E-state index in [1.807, 2.05) is 51.1 Å². The molecule has 1 aromatic heterocycles. The molecule has 5 rings (SSSR count). The molecule has 8 nitrogen and oxygen atoms in total. The summed E-state index contributed by atoms with van der Waals surface area (Å²) in [5, 5.41) is 13.9. The number of rotatable bonds is 10. The summed E-state index contributed by atoms with van der Waals surface area (Å²) < 4.78 is 29.8. The molecule has 2 aromatic carbocycles. The molecule has 2 fully saturated rings. The van der Waals surface area contributed by atoms with Gasteiger partial charge in [0.15, 0.2) is 5.01 Å². The second-order valence-corrected chi connectivity index (χ2v) is 14.8. The van der Waals surface area contributed by atoms with E-state index < -0.39 is 27.4 Å². The van der Waals surface area contributed by atoms with Crippen molar-refractivity contribution in [1.29, 1.82) is 0 Å². The van der Waals surface area contributed by atoms with E-state index in [0.717, 1.165) is 40.8 Å². The van der Waals surface area contributed by atoms with Crippen LogP contribution in [0.1, 0.15) is 87.6 Å². The molecule has 1 heterocycles. The fraction of sp³-hybridized carbons (Fsp3) is 0.516. The Morgan fingerprint density at radius 3 is 2.39 bits per heavy atom. The van der Waals surface area contributed by atoms with E-state index in [2.05, 4.69) is 10.0 Å². The summed E-state index contributed by atoms with van der Waals surface area (Å²) in [5.41, 5.74) is 1.15. The predicted molar refractivity (Wildman–Crippen MR) is 162 cm³/mol. The summed E-state index contributed by atoms with van der Waals surface area (Å²) in [6.45, 7) is 5.69. The van der Waals surface area contributed by atoms with E-state index in [-0.39, 0.29) is 16.8 Å². The molecule has 41 heavy (non-hydrogen) atoms. The summed E-state index contributed by atoms with van der Waals surface area (Å²) in [5.74, 6) is -1.02. The lowest BCUT2D eigenvalue weighted by molar-refractivity contribution is -0.145. The Morgan fingerprint density at radius 2 is 1.73 bits per heavy atom. The maximum atomic E-state index is 13.5. The molecule has 3 aromatic rings. The van der Waals surface area contributed by atoms with Gasteiger partial charge in [-0.25, -0.2) is 18.1 Å². The number of benzene rings is 2. The highest BCUT2D eigenvalue weighted by molar-refractivity contribution is 7.89. The summed E-state index contributed by atoms with van der Waals surface area (Å²) in [6, 6.07) is 10.8. The van der Waals surface area contributed by atoms with Crippen molar-refractivity contribution in [1.82, 2.24) is 15.0 Å². The van der Waals surface area contributed by atoms with Crippen LogP contribution >= 0.6 is 11.3 Å². The lowest BCUT2D eigenvalue weighted by Gasteiger charge is -2.32. The first-order chi connectivity index (χ1) is 19.5. The fourth-order valence-electron chi connectivity index (χ4n) is 5.84. The molecule has 0 spiro atoms. The number of sulfonamides is 1. The number of carboxylic acid groups (broad SMARTS) is 1. The minimum Gasteiger partial charge on any atom is -0.481 e. The molecule has 10 heteroatoms. The van der Waals surface area contributed by atoms with Gasteiger partial charge in [0.25, 0.3) is 5.91 Å². The Hall–Kier alpha value is -2.82. The lowest BCUT2D eigenvalue weighted by Crippen LogP contribution is -2.46. The highest BCUT2D eigenvalue weighted by Gasteiger charge is 2.36. The monoisotopic (exact) mass is 597 g/mol. The normalized spacial score (nSPS) is 20.1. The predicted octanol–water partition coefficient (Wildman–Crippen LogP) is 6.15. The van der Waals surface area contributed by atoms with Gasteiger partial charge in [-0.15, -0.1) is 11.3 Å². The van der Waals surface area contributed by atoms with E-state index in [9.17, 15) is 23.1 Å². The number of thiazole rings is 1. The van der Waals surface area contributed by atoms with E-state index in [0.29, 0.717) is 35.6 Å². The molecule has 0 bridgehead atoms. The van der Waals surface area contributed by atoms with Gasteiger partial charge in [-0.3, -0.25) is 9.59 Å². The number of carbonyl (C=O) groups is 2. The number of nitrogens with zero attached hydrogens (tertiary/aromatic N) is 1. The zero-order valence-electron chi connectivity index (χ0n) is 23.9. The van der Waals surface area contributed by atoms with Crippen LogP contribution in [-0.2, 0) is 21.2 Å². The zero-order valence-corrected chi connectivity index (χ0v) is 25.5. The number of amides is 1. The van der Waals surface area contributed by atoms with Gasteiger partial charge in [-0.2, -0.15) is 0 Å². The van der Waals surface area contributed by atoms with Gasteiger partial charge >= 0.3 is 5.97 Å². The number of hydrogen-bond donors (Lipinski definition) is 3. The summed E-state index contributed by atoms with van der Waals surface area (Å²) in [4.78, 5) is 30.4. The van der Waals surface area contributed by atoms with Crippen LogP contribution in [0, 0.1) is 11.8 Å². The number of aromatic nitrogens is 1. The Labute approximate surface area is 246 Å². The summed E-state index contributed by atoms with van der Waals surface area (Å²) >= 11 is 1.33. The SMILES string of the molecule is CCC(C)(C)NS(=O)(=O)c1ccc(-c2sc(C(=O)N[C@H]3C[C@H](C(=O)O)C3)nc2CC2CCCCC2)c2ccccc12. The second kappa shape index (κ2) is 11.8. The number of aliphatic carboxylic acids is 1. The Kier molecular flexibility index (Phi) is 8.55. The van der Waals surface area contributed by atoms with E-state index in [4.69, 9.17) is 4.98 Å². The van der Waals surface area contributed by atoms with Gasteiger partial charge in [0.05, 0.1) is 21.4 Å². The van der Waals surface area contributed by atoms with Crippen molar-refractivity contribution in [3.8, 4) is 10.4 Å². The molecule has 3 N–H and O–H groups in total. The third-order valence-electron chi connectivity index (χ3n) is 8.63. The Bertz CT molecular complexity index is 1550. The summed E-state index contributed by atoms with van der Waals surface area (Å²) in [6.07, 6.45) is 8.18.